The van der Waals surface area contributed by atoms with Gasteiger partial charge in [-0.1, -0.05) is 6.07 Å². The van der Waals surface area contributed by atoms with Gasteiger partial charge in [0.2, 0.25) is 0 Å². The highest BCUT2D eigenvalue weighted by Gasteiger charge is 2.38. The topological polar surface area (TPSA) is 139 Å². The molecule has 1 aromatic carbocycles. The highest BCUT2D eigenvalue weighted by Crippen LogP contribution is 2.41. The number of nitrogens with two attached hydrogens (primary N) is 2. The number of alkyl halides is 3. The van der Waals surface area contributed by atoms with Crippen molar-refractivity contribution in [3.8, 4) is 28.7 Å². The van der Waals surface area contributed by atoms with Crippen LogP contribution < -0.4 is 11.5 Å². The summed E-state index contributed by atoms with van der Waals surface area (Å²) < 4.78 is 37.3. The summed E-state index contributed by atoms with van der Waals surface area (Å²) in [6.45, 7) is 0. The van der Waals surface area contributed by atoms with E-state index in [1.54, 1.807) is 12.3 Å². The Kier molecular flexibility index (Phi) is 5.38. The van der Waals surface area contributed by atoms with Crippen LogP contribution in [-0.2, 0) is 17.6 Å². The quantitative estimate of drug-likeness (QED) is 0.513. The summed E-state index contributed by atoms with van der Waals surface area (Å²) in [5, 5.41) is 16.6. The number of aromatic nitrogens is 1. The molecule has 0 saturated carbocycles. The molecule has 4 rings (SSSR count). The zero-order chi connectivity index (χ0) is 22.1. The van der Waals surface area contributed by atoms with Crippen LogP contribution in [0.5, 0.6) is 0 Å². The van der Waals surface area contributed by atoms with Gasteiger partial charge in [0.15, 0.2) is 0 Å². The Morgan fingerprint density at radius 1 is 1.23 bits per heavy atom. The van der Waals surface area contributed by atoms with Gasteiger partial charge in [0.05, 0.1) is 12.0 Å². The number of fused-ring (bicyclic) bond motifs is 3. The van der Waals surface area contributed by atoms with Crippen LogP contribution in [0.1, 0.15) is 16.7 Å². The molecule has 2 heterocycles. The largest absolute Gasteiger partial charge is 0.490 e. The van der Waals surface area contributed by atoms with Crippen LogP contribution in [0.2, 0.25) is 0 Å². The zero-order valence-electron chi connectivity index (χ0n) is 15.3. The van der Waals surface area contributed by atoms with Gasteiger partial charge in [-0.15, -0.1) is 0 Å². The van der Waals surface area contributed by atoms with E-state index in [1.807, 2.05) is 24.3 Å². The molecular weight excluding hydrogens is 401 g/mol. The second-order valence-corrected chi connectivity index (χ2v) is 6.38. The van der Waals surface area contributed by atoms with Crippen molar-refractivity contribution in [3.63, 3.8) is 0 Å². The number of rotatable bonds is 1. The van der Waals surface area contributed by atoms with E-state index in [-0.39, 0.29) is 5.82 Å². The molecule has 10 heteroatoms. The Balaban J connectivity index is 0.000000318. The minimum Gasteiger partial charge on any atom is -0.475 e. The molecule has 0 radical (unpaired) electrons. The molecule has 0 fully saturated rings. The average Bonchev–Trinajstić information content (AvgIpc) is 3.20. The van der Waals surface area contributed by atoms with Crippen molar-refractivity contribution >= 4 is 17.5 Å². The van der Waals surface area contributed by atoms with E-state index in [0.29, 0.717) is 11.3 Å². The van der Waals surface area contributed by atoms with Crippen LogP contribution in [0.15, 0.2) is 41.0 Å². The van der Waals surface area contributed by atoms with Crippen molar-refractivity contribution in [3.05, 3.63) is 53.3 Å². The summed E-state index contributed by atoms with van der Waals surface area (Å²) in [7, 11) is 0. The molecule has 0 aliphatic heterocycles. The number of carboxylic acid groups (broad SMARTS) is 1. The molecule has 0 unspecified atom stereocenters. The monoisotopic (exact) mass is 416 g/mol. The molecular formula is C20H15F3N4O3. The summed E-state index contributed by atoms with van der Waals surface area (Å²) in [5.41, 5.74) is 17.8. The molecule has 2 aromatic heterocycles. The zero-order valence-corrected chi connectivity index (χ0v) is 15.3. The number of aryl methyl sites for hydroxylation is 1. The average molecular weight is 416 g/mol. The first-order valence-corrected chi connectivity index (χ1v) is 8.58. The van der Waals surface area contributed by atoms with Gasteiger partial charge in [0.25, 0.3) is 0 Å². The summed E-state index contributed by atoms with van der Waals surface area (Å²) >= 11 is 0. The molecule has 5 N–H and O–H groups in total. The van der Waals surface area contributed by atoms with Crippen molar-refractivity contribution in [2.24, 2.45) is 0 Å². The molecule has 30 heavy (non-hydrogen) atoms. The van der Waals surface area contributed by atoms with Gasteiger partial charge in [-0.05, 0) is 48.2 Å². The third kappa shape index (κ3) is 3.91. The maximum absolute atomic E-state index is 10.6. The number of benzene rings is 1. The summed E-state index contributed by atoms with van der Waals surface area (Å²) in [4.78, 5) is 13.4. The van der Waals surface area contributed by atoms with E-state index in [9.17, 15) is 18.4 Å². The fourth-order valence-electron chi connectivity index (χ4n) is 3.22. The van der Waals surface area contributed by atoms with Crippen molar-refractivity contribution in [1.82, 2.24) is 4.98 Å². The number of furan rings is 1. The molecule has 0 amide bonds. The molecule has 7 nitrogen and oxygen atoms in total. The fraction of sp³-hybridized carbons (Fsp3) is 0.150. The Morgan fingerprint density at radius 2 is 1.93 bits per heavy atom. The summed E-state index contributed by atoms with van der Waals surface area (Å²) in [6.07, 6.45) is -1.88. The van der Waals surface area contributed by atoms with Crippen molar-refractivity contribution in [2.75, 3.05) is 11.5 Å². The van der Waals surface area contributed by atoms with Gasteiger partial charge >= 0.3 is 12.1 Å². The Morgan fingerprint density at radius 3 is 2.50 bits per heavy atom. The van der Waals surface area contributed by atoms with Crippen LogP contribution in [0.25, 0.3) is 22.6 Å². The minimum absolute atomic E-state index is 0.224. The lowest BCUT2D eigenvalue weighted by Crippen LogP contribution is -2.21. The molecule has 154 valence electrons. The predicted molar refractivity (Wildman–Crippen MR) is 102 cm³/mol. The molecule has 0 bridgehead atoms. The van der Waals surface area contributed by atoms with Crippen LogP contribution in [0.4, 0.5) is 24.7 Å². The normalized spacial score (nSPS) is 12.1. The molecule has 0 atom stereocenters. The first kappa shape index (κ1) is 20.7. The first-order chi connectivity index (χ1) is 14.1. The van der Waals surface area contributed by atoms with E-state index in [4.69, 9.17) is 25.8 Å². The van der Waals surface area contributed by atoms with Crippen molar-refractivity contribution < 1.29 is 27.5 Å². The van der Waals surface area contributed by atoms with E-state index >= 15 is 0 Å². The smallest absolute Gasteiger partial charge is 0.475 e. The number of hydrogen-bond donors (Lipinski definition) is 3. The molecule has 3 aromatic rings. The number of nitriles is 1. The van der Waals surface area contributed by atoms with E-state index < -0.39 is 12.1 Å². The number of nitrogen functional groups attached to an aromatic ring is 2. The maximum atomic E-state index is 10.6. The SMILES string of the molecule is N#Cc1c(N)nc2c(c1-c1ccco1)CCc1cc(N)ccc1-2.O=C(O)C(F)(F)F. The number of carboxylic acids is 1. The van der Waals surface area contributed by atoms with Crippen LogP contribution >= 0.6 is 0 Å². The lowest BCUT2D eigenvalue weighted by Gasteiger charge is -2.22. The molecule has 1 aliphatic carbocycles. The highest BCUT2D eigenvalue weighted by molar-refractivity contribution is 5.85. The van der Waals surface area contributed by atoms with Crippen molar-refractivity contribution in [1.29, 1.82) is 5.26 Å². The van der Waals surface area contributed by atoms with E-state index in [2.05, 4.69) is 11.1 Å². The number of anilines is 2. The van der Waals surface area contributed by atoms with Gasteiger partial charge in [-0.25, -0.2) is 9.78 Å². The Labute approximate surface area is 168 Å². The predicted octanol–water partition coefficient (Wildman–Crippen LogP) is 3.78. The third-order valence-corrected chi connectivity index (χ3v) is 4.48. The molecule has 0 saturated heterocycles. The van der Waals surface area contributed by atoms with Crippen molar-refractivity contribution in [2.45, 2.75) is 19.0 Å². The number of nitrogens with zero attached hydrogens (tertiary/aromatic N) is 2. The second-order valence-electron chi connectivity index (χ2n) is 6.38. The van der Waals surface area contributed by atoms with Crippen LogP contribution in [-0.4, -0.2) is 22.2 Å². The standard InChI is InChI=1S/C18H14N4O.C2HF3O2/c19-9-14-16(15-2-1-7-23-15)13-5-3-10-8-11(20)4-6-12(10)17(13)22-18(14)21;3-2(4,5)1(6)7/h1-2,4,6-8H,3,5,20H2,(H2,21,22);(H,6,7). The number of carbonyl (C=O) groups is 1. The lowest BCUT2D eigenvalue weighted by atomic mass is 9.84. The molecule has 0 spiro atoms. The van der Waals surface area contributed by atoms with Crippen LogP contribution in [0, 0.1) is 11.3 Å². The molecule has 1 aliphatic rings. The second kappa shape index (κ2) is 7.79. The minimum atomic E-state index is -5.08. The van der Waals surface area contributed by atoms with Gasteiger partial charge in [0.1, 0.15) is 23.2 Å². The van der Waals surface area contributed by atoms with Gasteiger partial charge in [-0.3, -0.25) is 0 Å². The number of halogens is 3. The first-order valence-electron chi connectivity index (χ1n) is 8.58. The fourth-order valence-corrected chi connectivity index (χ4v) is 3.22. The van der Waals surface area contributed by atoms with E-state index in [0.717, 1.165) is 46.5 Å². The Hall–Kier alpha value is -4.00. The third-order valence-electron chi connectivity index (χ3n) is 4.48. The summed E-state index contributed by atoms with van der Waals surface area (Å²) in [6, 6.07) is 11.6. The number of hydrogen-bond acceptors (Lipinski definition) is 6. The van der Waals surface area contributed by atoms with Gasteiger partial charge < -0.3 is 21.0 Å². The number of pyridine rings is 1. The van der Waals surface area contributed by atoms with Gasteiger partial charge in [-0.2, -0.15) is 18.4 Å². The maximum Gasteiger partial charge on any atom is 0.490 e. The number of aliphatic carboxylic acids is 1. The van der Waals surface area contributed by atoms with Crippen LogP contribution in [0.3, 0.4) is 0 Å². The lowest BCUT2D eigenvalue weighted by molar-refractivity contribution is -0.192. The highest BCUT2D eigenvalue weighted by atomic mass is 19.4. The van der Waals surface area contributed by atoms with E-state index in [1.165, 1.54) is 0 Å². The Bertz CT molecular complexity index is 1150. The summed E-state index contributed by atoms with van der Waals surface area (Å²) in [5.74, 6) is -1.89. The van der Waals surface area contributed by atoms with Gasteiger partial charge in [0, 0.05) is 16.8 Å².